The first kappa shape index (κ1) is 14.5. The van der Waals surface area contributed by atoms with E-state index in [1.807, 2.05) is 0 Å². The summed E-state index contributed by atoms with van der Waals surface area (Å²) in [7, 11) is 0. The summed E-state index contributed by atoms with van der Waals surface area (Å²) in [5, 5.41) is 9.75. The van der Waals surface area contributed by atoms with Crippen LogP contribution in [-0.2, 0) is 0 Å². The molecule has 0 fully saturated rings. The second kappa shape index (κ2) is 6.51. The number of hydrazine groups is 1. The average molecular weight is 287 g/mol. The highest BCUT2D eigenvalue weighted by Crippen LogP contribution is 2.23. The number of pyridine rings is 1. The summed E-state index contributed by atoms with van der Waals surface area (Å²) < 4.78 is 13.2. The van der Waals surface area contributed by atoms with E-state index in [-0.39, 0.29) is 11.3 Å². The van der Waals surface area contributed by atoms with Gasteiger partial charge in [-0.2, -0.15) is 0 Å². The number of hydrogen-bond acceptors (Lipinski definition) is 4. The van der Waals surface area contributed by atoms with Crippen LogP contribution >= 0.6 is 0 Å². The molecule has 0 aliphatic rings. The van der Waals surface area contributed by atoms with Crippen LogP contribution in [0.1, 0.15) is 22.8 Å². The molecule has 1 heterocycles. The van der Waals surface area contributed by atoms with Crippen molar-refractivity contribution in [3.8, 4) is 5.75 Å². The van der Waals surface area contributed by atoms with Gasteiger partial charge in [0.2, 0.25) is 0 Å². The minimum atomic E-state index is -0.484. The van der Waals surface area contributed by atoms with E-state index in [9.17, 15) is 14.3 Å². The lowest BCUT2D eigenvalue weighted by atomic mass is 10.1. The van der Waals surface area contributed by atoms with E-state index in [2.05, 4.69) is 15.8 Å². The molecule has 2 rings (SSSR count). The number of carbonyl (C=O) groups excluding carboxylic acids is 1. The van der Waals surface area contributed by atoms with Gasteiger partial charge in [0.25, 0.3) is 5.91 Å². The number of nitrogens with zero attached hydrogens (tertiary/aromatic N) is 1. The molecule has 0 aliphatic carbocycles. The molecule has 1 aromatic carbocycles. The van der Waals surface area contributed by atoms with E-state index in [1.165, 1.54) is 18.3 Å². The lowest BCUT2D eigenvalue weighted by Crippen LogP contribution is -2.36. The molecule has 0 unspecified atom stereocenters. The second-order valence-electron chi connectivity index (χ2n) is 4.18. The number of rotatable bonds is 4. The molecule has 108 valence electrons. The molecule has 0 saturated heterocycles. The summed E-state index contributed by atoms with van der Waals surface area (Å²) in [6.07, 6.45) is 4.59. The number of aromatic nitrogens is 1. The Balaban J connectivity index is 2.11. The van der Waals surface area contributed by atoms with Crippen molar-refractivity contribution in [2.24, 2.45) is 0 Å². The Morgan fingerprint density at radius 1 is 1.33 bits per heavy atom. The van der Waals surface area contributed by atoms with Gasteiger partial charge in [0.1, 0.15) is 11.6 Å². The van der Waals surface area contributed by atoms with Crippen molar-refractivity contribution >= 4 is 11.6 Å². The summed E-state index contributed by atoms with van der Waals surface area (Å²) in [6, 6.07) is 6.83. The van der Waals surface area contributed by atoms with Crippen molar-refractivity contribution in [3.63, 3.8) is 0 Å². The van der Waals surface area contributed by atoms with E-state index < -0.39 is 11.7 Å². The van der Waals surface area contributed by atoms with Crippen molar-refractivity contribution in [1.29, 1.82) is 0 Å². The fourth-order valence-electron chi connectivity index (χ4n) is 1.71. The Morgan fingerprint density at radius 2 is 2.14 bits per heavy atom. The smallest absolute Gasteiger partial charge is 0.271 e. The maximum atomic E-state index is 13.2. The van der Waals surface area contributed by atoms with Gasteiger partial charge in [-0.25, -0.2) is 4.39 Å². The topological polar surface area (TPSA) is 74.2 Å². The summed E-state index contributed by atoms with van der Waals surface area (Å²) in [4.78, 5) is 15.7. The van der Waals surface area contributed by atoms with E-state index >= 15 is 0 Å². The third kappa shape index (κ3) is 3.56. The van der Waals surface area contributed by atoms with Crippen LogP contribution in [0.15, 0.2) is 48.8 Å². The third-order valence-corrected chi connectivity index (χ3v) is 2.77. The van der Waals surface area contributed by atoms with Crippen molar-refractivity contribution < 1.29 is 14.3 Å². The predicted octanol–water partition coefficient (Wildman–Crippen LogP) is 2.22. The monoisotopic (exact) mass is 287 g/mol. The van der Waals surface area contributed by atoms with E-state index in [4.69, 9.17) is 0 Å². The van der Waals surface area contributed by atoms with Gasteiger partial charge in [0, 0.05) is 18.0 Å². The van der Waals surface area contributed by atoms with Gasteiger partial charge in [-0.1, -0.05) is 6.08 Å². The highest BCUT2D eigenvalue weighted by atomic mass is 19.1. The van der Waals surface area contributed by atoms with Crippen LogP contribution < -0.4 is 10.9 Å². The molecule has 0 aliphatic heterocycles. The lowest BCUT2D eigenvalue weighted by molar-refractivity contribution is 0.0942. The second-order valence-corrected chi connectivity index (χ2v) is 4.18. The maximum absolute atomic E-state index is 13.2. The minimum Gasteiger partial charge on any atom is -0.507 e. The average Bonchev–Trinajstić information content (AvgIpc) is 2.51. The van der Waals surface area contributed by atoms with E-state index in [1.54, 1.807) is 31.3 Å². The van der Waals surface area contributed by atoms with Gasteiger partial charge < -0.3 is 5.11 Å². The Morgan fingerprint density at radius 3 is 2.81 bits per heavy atom. The van der Waals surface area contributed by atoms with Crippen molar-refractivity contribution in [3.05, 3.63) is 65.7 Å². The number of allylic oxidation sites excluding steroid dienone is 1. The van der Waals surface area contributed by atoms with Crippen LogP contribution in [0.4, 0.5) is 4.39 Å². The lowest BCUT2D eigenvalue weighted by Gasteiger charge is -2.13. The van der Waals surface area contributed by atoms with Gasteiger partial charge in [-0.05, 0) is 37.3 Å². The molecule has 1 amide bonds. The quantitative estimate of drug-likeness (QED) is 0.754. The standard InChI is InChI=1S/C15H14FN3O2/c1-2-13(12-8-11(16)5-6-14(12)20)18-19-15(21)10-4-3-7-17-9-10/h2-9,18,20H,1H3,(H,19,21)/b13-2-. The molecule has 0 radical (unpaired) electrons. The van der Waals surface area contributed by atoms with Crippen molar-refractivity contribution in [1.82, 2.24) is 15.8 Å². The first-order valence-electron chi connectivity index (χ1n) is 6.23. The Kier molecular flexibility index (Phi) is 4.50. The molecule has 0 atom stereocenters. The Labute approximate surface area is 121 Å². The van der Waals surface area contributed by atoms with Crippen molar-refractivity contribution in [2.75, 3.05) is 0 Å². The molecular formula is C15H14FN3O2. The molecule has 6 heteroatoms. The van der Waals surface area contributed by atoms with Gasteiger partial charge in [0.15, 0.2) is 0 Å². The number of nitrogens with one attached hydrogen (secondary N) is 2. The number of phenols is 1. The Hall–Kier alpha value is -2.89. The first-order chi connectivity index (χ1) is 10.1. The molecule has 2 aromatic rings. The summed E-state index contributed by atoms with van der Waals surface area (Å²) in [5.41, 5.74) is 6.13. The van der Waals surface area contributed by atoms with Crippen LogP contribution in [0.5, 0.6) is 5.75 Å². The fourth-order valence-corrected chi connectivity index (χ4v) is 1.71. The maximum Gasteiger partial charge on any atom is 0.271 e. The van der Waals surface area contributed by atoms with Crippen LogP contribution in [0.2, 0.25) is 0 Å². The molecule has 3 N–H and O–H groups in total. The number of halogens is 1. The zero-order valence-electron chi connectivity index (χ0n) is 11.3. The normalized spacial score (nSPS) is 11.0. The van der Waals surface area contributed by atoms with Crippen molar-refractivity contribution in [2.45, 2.75) is 6.92 Å². The molecule has 1 aromatic heterocycles. The molecule has 0 spiro atoms. The van der Waals surface area contributed by atoms with Gasteiger partial charge in [-0.3, -0.25) is 20.6 Å². The SMILES string of the molecule is C/C=C(\NNC(=O)c1cccnc1)c1cc(F)ccc1O. The van der Waals surface area contributed by atoms with E-state index in [0.29, 0.717) is 11.3 Å². The summed E-state index contributed by atoms with van der Waals surface area (Å²) in [6.45, 7) is 1.70. The summed E-state index contributed by atoms with van der Waals surface area (Å²) >= 11 is 0. The molecule has 5 nitrogen and oxygen atoms in total. The fraction of sp³-hybridized carbons (Fsp3) is 0.0667. The largest absolute Gasteiger partial charge is 0.507 e. The van der Waals surface area contributed by atoms with Crippen LogP contribution in [-0.4, -0.2) is 16.0 Å². The number of benzene rings is 1. The predicted molar refractivity (Wildman–Crippen MR) is 76.6 cm³/mol. The third-order valence-electron chi connectivity index (χ3n) is 2.77. The Bertz CT molecular complexity index is 672. The number of amides is 1. The van der Waals surface area contributed by atoms with Gasteiger partial charge in [0.05, 0.1) is 11.3 Å². The highest BCUT2D eigenvalue weighted by molar-refractivity contribution is 5.94. The van der Waals surface area contributed by atoms with Crippen LogP contribution in [0, 0.1) is 5.82 Å². The molecular weight excluding hydrogens is 273 g/mol. The van der Waals surface area contributed by atoms with Crippen LogP contribution in [0.3, 0.4) is 0 Å². The first-order valence-corrected chi connectivity index (χ1v) is 6.23. The highest BCUT2D eigenvalue weighted by Gasteiger charge is 2.10. The number of hydrogen-bond donors (Lipinski definition) is 3. The van der Waals surface area contributed by atoms with Gasteiger partial charge in [-0.15, -0.1) is 0 Å². The zero-order valence-corrected chi connectivity index (χ0v) is 11.3. The van der Waals surface area contributed by atoms with E-state index in [0.717, 1.165) is 6.07 Å². The number of carbonyl (C=O) groups is 1. The molecule has 0 saturated carbocycles. The minimum absolute atomic E-state index is 0.0902. The molecule has 21 heavy (non-hydrogen) atoms. The zero-order chi connectivity index (χ0) is 15.2. The molecule has 0 bridgehead atoms. The number of phenolic OH excluding ortho intramolecular Hbond substituents is 1. The number of aromatic hydroxyl groups is 1. The van der Waals surface area contributed by atoms with Crippen LogP contribution in [0.25, 0.3) is 5.70 Å². The van der Waals surface area contributed by atoms with Gasteiger partial charge >= 0.3 is 0 Å². The summed E-state index contributed by atoms with van der Waals surface area (Å²) in [5.74, 6) is -0.964.